The fraction of sp³-hybridized carbons (Fsp3) is 0.625. The van der Waals surface area contributed by atoms with E-state index >= 15 is 0 Å². The molecule has 1 N–H and O–H groups in total. The number of hydrogen-bond donors (Lipinski definition) is 1. The van der Waals surface area contributed by atoms with E-state index in [2.05, 4.69) is 56.6 Å². The molecule has 0 saturated heterocycles. The molecule has 0 bridgehead atoms. The summed E-state index contributed by atoms with van der Waals surface area (Å²) in [5.74, 6) is 0. The second-order valence-corrected chi connectivity index (χ2v) is 5.79. The van der Waals surface area contributed by atoms with Gasteiger partial charge in [-0.05, 0) is 43.7 Å². The van der Waals surface area contributed by atoms with E-state index < -0.39 is 0 Å². The number of rotatable bonds is 8. The van der Waals surface area contributed by atoms with Crippen molar-refractivity contribution >= 4 is 11.8 Å². The lowest BCUT2D eigenvalue weighted by Crippen LogP contribution is -2.30. The van der Waals surface area contributed by atoms with Crippen LogP contribution in [0.5, 0.6) is 0 Å². The highest BCUT2D eigenvalue weighted by molar-refractivity contribution is 7.98. The summed E-state index contributed by atoms with van der Waals surface area (Å²) < 4.78 is 0. The zero-order valence-electron chi connectivity index (χ0n) is 12.2. The van der Waals surface area contributed by atoms with E-state index in [0.29, 0.717) is 12.1 Å². The molecule has 2 unspecified atom stereocenters. The average Bonchev–Trinajstić information content (AvgIpc) is 2.43. The molecule has 0 aliphatic carbocycles. The third-order valence-electron chi connectivity index (χ3n) is 3.50. The first-order valence-corrected chi connectivity index (χ1v) is 8.33. The molecule has 0 heterocycles. The molecule has 0 spiro atoms. The minimum absolute atomic E-state index is 0.447. The van der Waals surface area contributed by atoms with Crippen LogP contribution in [0.3, 0.4) is 0 Å². The van der Waals surface area contributed by atoms with Gasteiger partial charge in [-0.25, -0.2) is 0 Å². The Morgan fingerprint density at radius 3 is 2.33 bits per heavy atom. The average molecular weight is 265 g/mol. The summed E-state index contributed by atoms with van der Waals surface area (Å²) in [7, 11) is 0. The quantitative estimate of drug-likeness (QED) is 0.662. The first kappa shape index (κ1) is 15.6. The van der Waals surface area contributed by atoms with Gasteiger partial charge in [0.05, 0.1) is 0 Å². The highest BCUT2D eigenvalue weighted by Gasteiger charge is 2.11. The Hall–Kier alpha value is -0.470. The van der Waals surface area contributed by atoms with Crippen LogP contribution in [0.25, 0.3) is 0 Å². The van der Waals surface area contributed by atoms with Crippen molar-refractivity contribution in [2.75, 3.05) is 6.26 Å². The molecule has 102 valence electrons. The lowest BCUT2D eigenvalue weighted by molar-refractivity contribution is 0.410. The Morgan fingerprint density at radius 2 is 1.83 bits per heavy atom. The van der Waals surface area contributed by atoms with Gasteiger partial charge in [-0.3, -0.25) is 0 Å². The fourth-order valence-electron chi connectivity index (χ4n) is 2.20. The SMILES string of the molecule is CCCCC(CC)NC(C)c1ccc(SC)cc1. The molecule has 0 aliphatic heterocycles. The maximum absolute atomic E-state index is 3.75. The van der Waals surface area contributed by atoms with Crippen LogP contribution >= 0.6 is 11.8 Å². The largest absolute Gasteiger partial charge is 0.307 e. The minimum Gasteiger partial charge on any atom is -0.307 e. The maximum Gasteiger partial charge on any atom is 0.0294 e. The zero-order valence-corrected chi connectivity index (χ0v) is 13.0. The summed E-state index contributed by atoms with van der Waals surface area (Å²) >= 11 is 1.80. The monoisotopic (exact) mass is 265 g/mol. The number of hydrogen-bond acceptors (Lipinski definition) is 2. The molecule has 2 atom stereocenters. The number of thioether (sulfide) groups is 1. The Kier molecular flexibility index (Phi) is 7.45. The molecule has 1 aromatic carbocycles. The van der Waals surface area contributed by atoms with Crippen molar-refractivity contribution in [3.63, 3.8) is 0 Å². The van der Waals surface area contributed by atoms with E-state index in [9.17, 15) is 0 Å². The van der Waals surface area contributed by atoms with Crippen LogP contribution in [0.15, 0.2) is 29.2 Å². The van der Waals surface area contributed by atoms with Crippen LogP contribution in [-0.2, 0) is 0 Å². The van der Waals surface area contributed by atoms with Gasteiger partial charge in [0.25, 0.3) is 0 Å². The summed E-state index contributed by atoms with van der Waals surface area (Å²) in [4.78, 5) is 1.34. The molecule has 2 heteroatoms. The summed E-state index contributed by atoms with van der Waals surface area (Å²) in [5, 5.41) is 3.75. The van der Waals surface area contributed by atoms with Gasteiger partial charge in [0.1, 0.15) is 0 Å². The Balaban J connectivity index is 2.53. The molecule has 0 aromatic heterocycles. The molecule has 1 nitrogen and oxygen atoms in total. The van der Waals surface area contributed by atoms with Crippen molar-refractivity contribution in [2.45, 2.75) is 63.4 Å². The fourth-order valence-corrected chi connectivity index (χ4v) is 2.61. The first-order chi connectivity index (χ1) is 8.71. The lowest BCUT2D eigenvalue weighted by Gasteiger charge is -2.22. The van der Waals surface area contributed by atoms with Crippen LogP contribution in [0, 0.1) is 0 Å². The van der Waals surface area contributed by atoms with Gasteiger partial charge in [0, 0.05) is 17.0 Å². The number of unbranched alkanes of at least 4 members (excludes halogenated alkanes) is 1. The highest BCUT2D eigenvalue weighted by atomic mass is 32.2. The van der Waals surface area contributed by atoms with Crippen molar-refractivity contribution in [3.8, 4) is 0 Å². The predicted octanol–water partition coefficient (Wildman–Crippen LogP) is 5.03. The third-order valence-corrected chi connectivity index (χ3v) is 4.24. The molecule has 1 aromatic rings. The molecular weight excluding hydrogens is 238 g/mol. The van der Waals surface area contributed by atoms with Crippen LogP contribution < -0.4 is 5.32 Å². The Labute approximate surface area is 117 Å². The molecule has 0 radical (unpaired) electrons. The molecule has 1 rings (SSSR count). The molecule has 0 fully saturated rings. The van der Waals surface area contributed by atoms with Crippen LogP contribution in [0.2, 0.25) is 0 Å². The summed E-state index contributed by atoms with van der Waals surface area (Å²) in [6, 6.07) is 10.0. The van der Waals surface area contributed by atoms with E-state index in [1.807, 2.05) is 0 Å². The molecule has 0 aliphatic rings. The second-order valence-electron chi connectivity index (χ2n) is 4.91. The molecular formula is C16H27NS. The Bertz CT molecular complexity index is 320. The Morgan fingerprint density at radius 1 is 1.17 bits per heavy atom. The van der Waals surface area contributed by atoms with Crippen LogP contribution in [-0.4, -0.2) is 12.3 Å². The van der Waals surface area contributed by atoms with Crippen molar-refractivity contribution in [3.05, 3.63) is 29.8 Å². The topological polar surface area (TPSA) is 12.0 Å². The maximum atomic E-state index is 3.75. The highest BCUT2D eigenvalue weighted by Crippen LogP contribution is 2.20. The second kappa shape index (κ2) is 8.60. The third kappa shape index (κ3) is 5.03. The smallest absolute Gasteiger partial charge is 0.0294 e. The number of benzene rings is 1. The summed E-state index contributed by atoms with van der Waals surface area (Å²) in [6.07, 6.45) is 7.24. The van der Waals surface area contributed by atoms with Crippen LogP contribution in [0.4, 0.5) is 0 Å². The number of nitrogens with one attached hydrogen (secondary N) is 1. The molecule has 18 heavy (non-hydrogen) atoms. The van der Waals surface area contributed by atoms with Gasteiger partial charge in [0.15, 0.2) is 0 Å². The van der Waals surface area contributed by atoms with Crippen molar-refractivity contribution in [1.82, 2.24) is 5.32 Å². The normalized spacial score (nSPS) is 14.4. The van der Waals surface area contributed by atoms with Crippen molar-refractivity contribution in [1.29, 1.82) is 0 Å². The summed E-state index contributed by atoms with van der Waals surface area (Å²) in [5.41, 5.74) is 1.39. The standard InChI is InChI=1S/C16H27NS/c1-5-7-8-15(6-2)17-13(3)14-9-11-16(18-4)12-10-14/h9-13,15,17H,5-8H2,1-4H3. The van der Waals surface area contributed by atoms with E-state index in [1.54, 1.807) is 11.8 Å². The van der Waals surface area contributed by atoms with E-state index in [4.69, 9.17) is 0 Å². The van der Waals surface area contributed by atoms with Gasteiger partial charge in [-0.1, -0.05) is 38.8 Å². The van der Waals surface area contributed by atoms with Gasteiger partial charge in [-0.2, -0.15) is 0 Å². The molecule has 0 saturated carbocycles. The van der Waals surface area contributed by atoms with Crippen LogP contribution in [0.1, 0.15) is 58.1 Å². The van der Waals surface area contributed by atoms with Crippen molar-refractivity contribution in [2.24, 2.45) is 0 Å². The molecule has 0 amide bonds. The van der Waals surface area contributed by atoms with Gasteiger partial charge < -0.3 is 5.32 Å². The predicted molar refractivity (Wildman–Crippen MR) is 83.4 cm³/mol. The van der Waals surface area contributed by atoms with Gasteiger partial charge >= 0.3 is 0 Å². The van der Waals surface area contributed by atoms with E-state index in [1.165, 1.54) is 36.1 Å². The van der Waals surface area contributed by atoms with Crippen molar-refractivity contribution < 1.29 is 0 Å². The van der Waals surface area contributed by atoms with Gasteiger partial charge in [0.2, 0.25) is 0 Å². The van der Waals surface area contributed by atoms with E-state index in [0.717, 1.165) is 0 Å². The zero-order chi connectivity index (χ0) is 13.4. The summed E-state index contributed by atoms with van der Waals surface area (Å²) in [6.45, 7) is 6.80. The first-order valence-electron chi connectivity index (χ1n) is 7.11. The van der Waals surface area contributed by atoms with Gasteiger partial charge in [-0.15, -0.1) is 11.8 Å². The minimum atomic E-state index is 0.447. The van der Waals surface area contributed by atoms with E-state index in [-0.39, 0.29) is 0 Å². The lowest BCUT2D eigenvalue weighted by atomic mass is 10.0.